The molecule has 0 radical (unpaired) electrons. The fourth-order valence-corrected chi connectivity index (χ4v) is 3.39. The maximum absolute atomic E-state index is 14.0. The molecule has 0 amide bonds. The summed E-state index contributed by atoms with van der Waals surface area (Å²) in [7, 11) is 0. The average Bonchev–Trinajstić information content (AvgIpc) is 3.51. The van der Waals surface area contributed by atoms with Crippen molar-refractivity contribution in [2.24, 2.45) is 0 Å². The van der Waals surface area contributed by atoms with E-state index in [1.807, 2.05) is 0 Å². The quantitative estimate of drug-likeness (QED) is 0.422. The van der Waals surface area contributed by atoms with Crippen LogP contribution in [0.1, 0.15) is 24.5 Å². The summed E-state index contributed by atoms with van der Waals surface area (Å²) in [6.45, 7) is -3.12. The smallest absolute Gasteiger partial charge is 0.387 e. The van der Waals surface area contributed by atoms with Crippen molar-refractivity contribution in [3.63, 3.8) is 0 Å². The zero-order valence-electron chi connectivity index (χ0n) is 15.9. The maximum Gasteiger partial charge on any atom is 0.387 e. The minimum absolute atomic E-state index is 0.275. The summed E-state index contributed by atoms with van der Waals surface area (Å²) >= 11 is 0. The Morgan fingerprint density at radius 2 is 1.90 bits per heavy atom. The van der Waals surface area contributed by atoms with Gasteiger partial charge in [-0.3, -0.25) is 9.38 Å². The number of fused-ring (bicyclic) bond motifs is 1. The molecule has 3 aromatic heterocycles. The normalized spacial score (nSPS) is 13.7. The number of nitrogens with one attached hydrogen (secondary N) is 1. The summed E-state index contributed by atoms with van der Waals surface area (Å²) < 4.78 is 58.2. The molecule has 31 heavy (non-hydrogen) atoms. The molecule has 3 heterocycles. The number of aromatic nitrogens is 4. The Hall–Kier alpha value is -3.69. The second-order valence-electron chi connectivity index (χ2n) is 7.13. The Kier molecular flexibility index (Phi) is 4.68. The molecule has 0 unspecified atom stereocenters. The minimum Gasteiger partial charge on any atom is -0.432 e. The van der Waals surface area contributed by atoms with Crippen molar-refractivity contribution in [2.45, 2.75) is 25.4 Å². The third kappa shape index (κ3) is 3.88. The van der Waals surface area contributed by atoms with Crippen LogP contribution in [0.15, 0.2) is 48.9 Å². The molecule has 1 fully saturated rings. The van der Waals surface area contributed by atoms with Crippen LogP contribution in [0.25, 0.3) is 17.0 Å². The van der Waals surface area contributed by atoms with Gasteiger partial charge in [-0.25, -0.2) is 18.7 Å². The standard InChI is InChI=1S/C21H15F4N5O/c22-12-3-6-18-29-19(11-1-2-11)20(30(18)10-12)15-8-26-9-17(28-15)27-13-4-5-16(14(23)7-13)31-21(24)25/h3-11,21H,1-2H2,(H,27,28). The predicted octanol–water partition coefficient (Wildman–Crippen LogP) is 5.29. The lowest BCUT2D eigenvalue weighted by Crippen LogP contribution is -2.04. The first-order chi connectivity index (χ1) is 15.0. The minimum atomic E-state index is -3.12. The predicted molar refractivity (Wildman–Crippen MR) is 104 cm³/mol. The van der Waals surface area contributed by atoms with Crippen LogP contribution in [0.4, 0.5) is 29.1 Å². The molecule has 158 valence electrons. The first kappa shape index (κ1) is 19.3. The largest absolute Gasteiger partial charge is 0.432 e. The van der Waals surface area contributed by atoms with E-state index in [0.717, 1.165) is 30.7 Å². The van der Waals surface area contributed by atoms with Crippen molar-refractivity contribution >= 4 is 17.2 Å². The zero-order valence-corrected chi connectivity index (χ0v) is 15.9. The Balaban J connectivity index is 1.50. The van der Waals surface area contributed by atoms with Gasteiger partial charge < -0.3 is 10.1 Å². The summed E-state index contributed by atoms with van der Waals surface area (Å²) in [5.74, 6) is -1.32. The summed E-state index contributed by atoms with van der Waals surface area (Å²) in [6, 6.07) is 6.45. The van der Waals surface area contributed by atoms with Gasteiger partial charge >= 0.3 is 6.61 Å². The van der Waals surface area contributed by atoms with Crippen molar-refractivity contribution in [3.8, 4) is 17.1 Å². The number of pyridine rings is 1. The van der Waals surface area contributed by atoms with E-state index >= 15 is 0 Å². The van der Waals surface area contributed by atoms with Gasteiger partial charge in [-0.2, -0.15) is 8.78 Å². The van der Waals surface area contributed by atoms with Crippen molar-refractivity contribution in [1.82, 2.24) is 19.4 Å². The second kappa shape index (κ2) is 7.53. The van der Waals surface area contributed by atoms with Gasteiger partial charge in [0.05, 0.1) is 23.8 Å². The molecule has 1 saturated carbocycles. The average molecular weight is 429 g/mol. The summed E-state index contributed by atoms with van der Waals surface area (Å²) in [4.78, 5) is 13.4. The van der Waals surface area contributed by atoms with Crippen LogP contribution in [-0.2, 0) is 0 Å². The highest BCUT2D eigenvalue weighted by Gasteiger charge is 2.31. The number of hydrogen-bond donors (Lipinski definition) is 1. The van der Waals surface area contributed by atoms with E-state index in [0.29, 0.717) is 22.9 Å². The molecule has 10 heteroatoms. The van der Waals surface area contributed by atoms with Crippen LogP contribution >= 0.6 is 0 Å². The number of ether oxygens (including phenoxy) is 1. The Morgan fingerprint density at radius 1 is 1.06 bits per heavy atom. The molecule has 0 atom stereocenters. The number of hydrogen-bond acceptors (Lipinski definition) is 5. The molecule has 1 aliphatic carbocycles. The van der Waals surface area contributed by atoms with E-state index in [-0.39, 0.29) is 11.6 Å². The number of rotatable bonds is 6. The molecular weight excluding hydrogens is 414 g/mol. The van der Waals surface area contributed by atoms with Gasteiger partial charge in [0.15, 0.2) is 11.6 Å². The maximum atomic E-state index is 14.0. The first-order valence-corrected chi connectivity index (χ1v) is 9.49. The molecule has 0 spiro atoms. The lowest BCUT2D eigenvalue weighted by atomic mass is 10.2. The Labute approximate surface area is 173 Å². The fourth-order valence-electron chi connectivity index (χ4n) is 3.39. The number of anilines is 2. The molecular formula is C21H15F4N5O. The summed E-state index contributed by atoms with van der Waals surface area (Å²) in [6.07, 6.45) is 6.33. The molecule has 1 aromatic carbocycles. The Bertz CT molecular complexity index is 1270. The van der Waals surface area contributed by atoms with Gasteiger partial charge in [0.25, 0.3) is 0 Å². The van der Waals surface area contributed by atoms with Crippen molar-refractivity contribution in [1.29, 1.82) is 0 Å². The molecule has 5 rings (SSSR count). The molecule has 0 aliphatic heterocycles. The third-order valence-corrected chi connectivity index (χ3v) is 4.87. The van der Waals surface area contributed by atoms with Crippen LogP contribution in [-0.4, -0.2) is 26.0 Å². The van der Waals surface area contributed by atoms with Gasteiger partial charge in [-0.1, -0.05) is 0 Å². The highest BCUT2D eigenvalue weighted by molar-refractivity contribution is 5.67. The SMILES string of the molecule is Fc1ccc2nc(C3CC3)c(-c3cncc(Nc4ccc(OC(F)F)c(F)c4)n3)n2c1. The zero-order chi connectivity index (χ0) is 21.5. The van der Waals surface area contributed by atoms with Gasteiger partial charge in [-0.05, 0) is 37.1 Å². The highest BCUT2D eigenvalue weighted by atomic mass is 19.3. The van der Waals surface area contributed by atoms with Crippen LogP contribution < -0.4 is 10.1 Å². The van der Waals surface area contributed by atoms with Crippen molar-refractivity contribution in [2.75, 3.05) is 5.32 Å². The monoisotopic (exact) mass is 429 g/mol. The molecule has 4 aromatic rings. The van der Waals surface area contributed by atoms with E-state index < -0.39 is 24.0 Å². The van der Waals surface area contributed by atoms with E-state index in [1.165, 1.54) is 24.5 Å². The van der Waals surface area contributed by atoms with Crippen LogP contribution in [0.2, 0.25) is 0 Å². The number of halogens is 4. The first-order valence-electron chi connectivity index (χ1n) is 9.49. The van der Waals surface area contributed by atoms with Crippen LogP contribution in [0.5, 0.6) is 5.75 Å². The summed E-state index contributed by atoms with van der Waals surface area (Å²) in [5.41, 5.74) is 2.84. The topological polar surface area (TPSA) is 64.3 Å². The molecule has 0 saturated heterocycles. The van der Waals surface area contributed by atoms with Gasteiger partial charge in [-0.15, -0.1) is 0 Å². The van der Waals surface area contributed by atoms with Gasteiger partial charge in [0, 0.05) is 23.9 Å². The van der Waals surface area contributed by atoms with E-state index in [1.54, 1.807) is 16.7 Å². The molecule has 0 bridgehead atoms. The van der Waals surface area contributed by atoms with Gasteiger partial charge in [0.2, 0.25) is 0 Å². The lowest BCUT2D eigenvalue weighted by molar-refractivity contribution is -0.0521. The van der Waals surface area contributed by atoms with Crippen LogP contribution in [0, 0.1) is 11.6 Å². The second-order valence-corrected chi connectivity index (χ2v) is 7.13. The molecule has 1 aliphatic rings. The molecule has 6 nitrogen and oxygen atoms in total. The third-order valence-electron chi connectivity index (χ3n) is 4.87. The van der Waals surface area contributed by atoms with E-state index in [9.17, 15) is 17.6 Å². The van der Waals surface area contributed by atoms with Crippen LogP contribution in [0.3, 0.4) is 0 Å². The highest BCUT2D eigenvalue weighted by Crippen LogP contribution is 2.44. The van der Waals surface area contributed by atoms with E-state index in [2.05, 4.69) is 25.0 Å². The van der Waals surface area contributed by atoms with Crippen molar-refractivity contribution < 1.29 is 22.3 Å². The number of benzene rings is 1. The van der Waals surface area contributed by atoms with E-state index in [4.69, 9.17) is 0 Å². The number of nitrogens with zero attached hydrogens (tertiary/aromatic N) is 4. The number of imidazole rings is 1. The van der Waals surface area contributed by atoms with Crippen molar-refractivity contribution in [3.05, 3.63) is 66.3 Å². The fraction of sp³-hybridized carbons (Fsp3) is 0.190. The summed E-state index contributed by atoms with van der Waals surface area (Å²) in [5, 5.41) is 2.89. The Morgan fingerprint density at radius 3 is 2.65 bits per heavy atom. The lowest BCUT2D eigenvalue weighted by Gasteiger charge is -2.10. The number of alkyl halides is 2. The van der Waals surface area contributed by atoms with Gasteiger partial charge in [0.1, 0.15) is 23.0 Å². The molecule has 1 N–H and O–H groups in total.